The summed E-state index contributed by atoms with van der Waals surface area (Å²) in [4.78, 5) is 4.26. The SMILES string of the molecule is Oc1cccc2ccc(/C=N/Nc3ccc(C(F)(F)F)cc3)nc12. The van der Waals surface area contributed by atoms with Crippen molar-refractivity contribution in [2.45, 2.75) is 6.18 Å². The summed E-state index contributed by atoms with van der Waals surface area (Å²) >= 11 is 0. The number of halogens is 3. The third-order valence-electron chi connectivity index (χ3n) is 3.32. The third kappa shape index (κ3) is 3.45. The molecule has 0 aliphatic rings. The van der Waals surface area contributed by atoms with Crippen LogP contribution in [-0.4, -0.2) is 16.3 Å². The molecule has 0 atom stereocenters. The van der Waals surface area contributed by atoms with Crippen molar-refractivity contribution in [3.8, 4) is 5.75 Å². The minimum absolute atomic E-state index is 0.0680. The number of hydrogen-bond donors (Lipinski definition) is 2. The monoisotopic (exact) mass is 331 g/mol. The van der Waals surface area contributed by atoms with E-state index in [0.717, 1.165) is 17.5 Å². The maximum atomic E-state index is 12.5. The van der Waals surface area contributed by atoms with E-state index in [0.29, 0.717) is 16.9 Å². The number of para-hydroxylation sites is 1. The minimum atomic E-state index is -4.36. The molecule has 0 spiro atoms. The molecule has 0 saturated heterocycles. The molecule has 122 valence electrons. The van der Waals surface area contributed by atoms with E-state index in [1.165, 1.54) is 24.4 Å². The maximum Gasteiger partial charge on any atom is 0.416 e. The van der Waals surface area contributed by atoms with Gasteiger partial charge in [-0.1, -0.05) is 18.2 Å². The van der Waals surface area contributed by atoms with Gasteiger partial charge in [0.05, 0.1) is 23.2 Å². The van der Waals surface area contributed by atoms with E-state index in [4.69, 9.17) is 0 Å². The number of rotatable bonds is 3. The number of hydrazone groups is 1. The molecule has 1 aromatic heterocycles. The van der Waals surface area contributed by atoms with Gasteiger partial charge in [0.1, 0.15) is 11.3 Å². The normalized spacial score (nSPS) is 12.0. The van der Waals surface area contributed by atoms with Gasteiger partial charge in [-0.15, -0.1) is 0 Å². The number of aromatic nitrogens is 1. The minimum Gasteiger partial charge on any atom is -0.506 e. The molecule has 3 aromatic rings. The first-order valence-electron chi connectivity index (χ1n) is 6.98. The number of benzene rings is 2. The molecule has 7 heteroatoms. The predicted molar refractivity (Wildman–Crippen MR) is 86.1 cm³/mol. The topological polar surface area (TPSA) is 57.5 Å². The van der Waals surface area contributed by atoms with E-state index >= 15 is 0 Å². The lowest BCUT2D eigenvalue weighted by Gasteiger charge is -2.07. The number of hydrogen-bond acceptors (Lipinski definition) is 4. The van der Waals surface area contributed by atoms with Gasteiger partial charge in [-0.25, -0.2) is 4.98 Å². The average molecular weight is 331 g/mol. The van der Waals surface area contributed by atoms with Crippen molar-refractivity contribution in [1.82, 2.24) is 4.98 Å². The fourth-order valence-corrected chi connectivity index (χ4v) is 2.13. The molecule has 24 heavy (non-hydrogen) atoms. The number of alkyl halides is 3. The lowest BCUT2D eigenvalue weighted by atomic mass is 10.2. The van der Waals surface area contributed by atoms with Crippen molar-refractivity contribution in [2.75, 3.05) is 5.43 Å². The highest BCUT2D eigenvalue weighted by Gasteiger charge is 2.29. The van der Waals surface area contributed by atoms with E-state index in [1.807, 2.05) is 6.07 Å². The molecule has 4 nitrogen and oxygen atoms in total. The molecular weight excluding hydrogens is 319 g/mol. The maximum absolute atomic E-state index is 12.5. The van der Waals surface area contributed by atoms with Crippen molar-refractivity contribution in [2.24, 2.45) is 5.10 Å². The summed E-state index contributed by atoms with van der Waals surface area (Å²) in [6.45, 7) is 0. The number of aromatic hydroxyl groups is 1. The quantitative estimate of drug-likeness (QED) is 0.552. The highest BCUT2D eigenvalue weighted by atomic mass is 19.4. The van der Waals surface area contributed by atoms with Crippen LogP contribution in [0.1, 0.15) is 11.3 Å². The Balaban J connectivity index is 1.73. The van der Waals surface area contributed by atoms with Gasteiger partial charge in [-0.3, -0.25) is 5.43 Å². The van der Waals surface area contributed by atoms with Crippen LogP contribution in [0.3, 0.4) is 0 Å². The first kappa shape index (κ1) is 15.8. The van der Waals surface area contributed by atoms with Crippen LogP contribution in [0.2, 0.25) is 0 Å². The molecule has 0 bridgehead atoms. The zero-order valence-electron chi connectivity index (χ0n) is 12.2. The van der Waals surface area contributed by atoms with E-state index in [1.54, 1.807) is 18.2 Å². The number of nitrogens with zero attached hydrogens (tertiary/aromatic N) is 2. The summed E-state index contributed by atoms with van der Waals surface area (Å²) in [5.74, 6) is 0.0680. The van der Waals surface area contributed by atoms with Crippen LogP contribution in [-0.2, 0) is 6.18 Å². The second-order valence-electron chi connectivity index (χ2n) is 5.03. The molecule has 0 radical (unpaired) electrons. The van der Waals surface area contributed by atoms with Gasteiger partial charge in [-0.2, -0.15) is 18.3 Å². The number of anilines is 1. The van der Waals surface area contributed by atoms with E-state index in [-0.39, 0.29) is 5.75 Å². The zero-order valence-corrected chi connectivity index (χ0v) is 12.2. The fourth-order valence-electron chi connectivity index (χ4n) is 2.13. The van der Waals surface area contributed by atoms with Crippen LogP contribution in [0, 0.1) is 0 Å². The molecule has 0 fully saturated rings. The summed E-state index contributed by atoms with van der Waals surface area (Å²) in [7, 11) is 0. The molecule has 3 rings (SSSR count). The summed E-state index contributed by atoms with van der Waals surface area (Å²) in [5.41, 5.74) is 3.29. The van der Waals surface area contributed by atoms with Crippen LogP contribution in [0.5, 0.6) is 5.75 Å². The molecule has 2 aromatic carbocycles. The molecule has 0 saturated carbocycles. The Bertz CT molecular complexity index is 890. The van der Waals surface area contributed by atoms with Crippen molar-refractivity contribution >= 4 is 22.8 Å². The lowest BCUT2D eigenvalue weighted by Crippen LogP contribution is -2.04. The van der Waals surface area contributed by atoms with Crippen molar-refractivity contribution < 1.29 is 18.3 Å². The standard InChI is InChI=1S/C17H12F3N3O/c18-17(19,20)12-5-8-13(9-6-12)23-21-10-14-7-4-11-2-1-3-15(24)16(11)22-14/h1-10,23-24H/b21-10+. The average Bonchev–Trinajstić information content (AvgIpc) is 2.55. The van der Waals surface area contributed by atoms with Gasteiger partial charge >= 0.3 is 6.18 Å². The fraction of sp³-hybridized carbons (Fsp3) is 0.0588. The molecule has 0 aliphatic heterocycles. The van der Waals surface area contributed by atoms with Gasteiger partial charge in [0, 0.05) is 5.39 Å². The number of phenols is 1. The lowest BCUT2D eigenvalue weighted by molar-refractivity contribution is -0.137. The van der Waals surface area contributed by atoms with Crippen LogP contribution in [0.4, 0.5) is 18.9 Å². The molecule has 0 amide bonds. The largest absolute Gasteiger partial charge is 0.506 e. The number of pyridine rings is 1. The number of fused-ring (bicyclic) bond motifs is 1. The second kappa shape index (κ2) is 6.19. The molecular formula is C17H12F3N3O. The van der Waals surface area contributed by atoms with Crippen LogP contribution < -0.4 is 5.43 Å². The summed E-state index contributed by atoms with van der Waals surface area (Å²) < 4.78 is 37.4. The predicted octanol–water partition coefficient (Wildman–Crippen LogP) is 4.41. The van der Waals surface area contributed by atoms with E-state index in [2.05, 4.69) is 15.5 Å². The van der Waals surface area contributed by atoms with Crippen molar-refractivity contribution in [3.63, 3.8) is 0 Å². The number of nitrogens with one attached hydrogen (secondary N) is 1. The summed E-state index contributed by atoms with van der Waals surface area (Å²) in [6.07, 6.45) is -2.94. The Labute approximate surface area is 135 Å². The third-order valence-corrected chi connectivity index (χ3v) is 3.32. The molecule has 1 heterocycles. The van der Waals surface area contributed by atoms with Crippen molar-refractivity contribution in [1.29, 1.82) is 0 Å². The highest BCUT2D eigenvalue weighted by molar-refractivity contribution is 5.88. The summed E-state index contributed by atoms with van der Waals surface area (Å²) in [5, 5.41) is 14.5. The van der Waals surface area contributed by atoms with Crippen LogP contribution in [0.15, 0.2) is 59.7 Å². The first-order valence-corrected chi connectivity index (χ1v) is 6.98. The Hall–Kier alpha value is -3.09. The Kier molecular flexibility index (Phi) is 4.07. The zero-order chi connectivity index (χ0) is 17.2. The van der Waals surface area contributed by atoms with Gasteiger partial charge in [0.2, 0.25) is 0 Å². The Morgan fingerprint density at radius 1 is 1.00 bits per heavy atom. The van der Waals surface area contributed by atoms with E-state index in [9.17, 15) is 18.3 Å². The second-order valence-corrected chi connectivity index (χ2v) is 5.03. The molecule has 0 unspecified atom stereocenters. The van der Waals surface area contributed by atoms with Gasteiger partial charge in [0.15, 0.2) is 0 Å². The van der Waals surface area contributed by atoms with E-state index < -0.39 is 11.7 Å². The Morgan fingerprint density at radius 2 is 1.75 bits per heavy atom. The smallest absolute Gasteiger partial charge is 0.416 e. The molecule has 0 aliphatic carbocycles. The molecule has 2 N–H and O–H groups in total. The van der Waals surface area contributed by atoms with Crippen molar-refractivity contribution in [3.05, 3.63) is 65.9 Å². The van der Waals surface area contributed by atoms with Gasteiger partial charge < -0.3 is 5.11 Å². The van der Waals surface area contributed by atoms with Crippen LogP contribution >= 0.6 is 0 Å². The first-order chi connectivity index (χ1) is 11.4. The van der Waals surface area contributed by atoms with Crippen LogP contribution in [0.25, 0.3) is 10.9 Å². The van der Waals surface area contributed by atoms with Gasteiger partial charge in [0.25, 0.3) is 0 Å². The van der Waals surface area contributed by atoms with Gasteiger partial charge in [-0.05, 0) is 36.4 Å². The summed E-state index contributed by atoms with van der Waals surface area (Å²) in [6, 6.07) is 13.1. The Morgan fingerprint density at radius 3 is 2.46 bits per heavy atom. The highest BCUT2D eigenvalue weighted by Crippen LogP contribution is 2.29. The number of phenolic OH excluding ortho intramolecular Hbond substituents is 1.